The van der Waals surface area contributed by atoms with Crippen LogP contribution in [0.25, 0.3) is 21.7 Å². The molecule has 2 amide bonds. The molecular weight excluding hydrogens is 400 g/mol. The normalized spacial score (nSPS) is 13.2. The van der Waals surface area contributed by atoms with Gasteiger partial charge < -0.3 is 15.5 Å². The van der Waals surface area contributed by atoms with Crippen LogP contribution in [-0.4, -0.2) is 36.4 Å². The number of carbonyl (C=O) groups excluding carboxylic acids is 2. The minimum Gasteiger partial charge on any atom is -0.350 e. The first-order valence-electron chi connectivity index (χ1n) is 10.8. The van der Waals surface area contributed by atoms with Gasteiger partial charge >= 0.3 is 0 Å². The van der Waals surface area contributed by atoms with E-state index in [4.69, 9.17) is 0 Å². The third-order valence-electron chi connectivity index (χ3n) is 5.70. The average Bonchev–Trinajstić information content (AvgIpc) is 3.62. The highest BCUT2D eigenvalue weighted by atomic mass is 16.2. The van der Waals surface area contributed by atoms with E-state index in [1.165, 1.54) is 0 Å². The van der Waals surface area contributed by atoms with Crippen molar-refractivity contribution in [1.82, 2.24) is 10.3 Å². The second kappa shape index (κ2) is 8.30. The van der Waals surface area contributed by atoms with Gasteiger partial charge in [-0.25, -0.2) is 4.98 Å². The van der Waals surface area contributed by atoms with Gasteiger partial charge in [0.1, 0.15) is 5.82 Å². The molecule has 0 radical (unpaired) electrons. The number of nitrogens with one attached hydrogen (secondary N) is 2. The van der Waals surface area contributed by atoms with Gasteiger partial charge in [-0.1, -0.05) is 54.6 Å². The fourth-order valence-electron chi connectivity index (χ4n) is 3.86. The summed E-state index contributed by atoms with van der Waals surface area (Å²) in [4.78, 5) is 32.1. The summed E-state index contributed by atoms with van der Waals surface area (Å²) in [7, 11) is 1.81. The molecule has 0 atom stereocenters. The topological polar surface area (TPSA) is 74.3 Å². The maximum atomic E-state index is 12.8. The van der Waals surface area contributed by atoms with Gasteiger partial charge in [0.25, 0.3) is 5.91 Å². The number of rotatable bonds is 6. The lowest BCUT2D eigenvalue weighted by Crippen LogP contribution is -2.31. The summed E-state index contributed by atoms with van der Waals surface area (Å²) in [6.07, 6.45) is 2.05. The third-order valence-corrected chi connectivity index (χ3v) is 5.70. The summed E-state index contributed by atoms with van der Waals surface area (Å²) < 4.78 is 0. The standard InChI is InChI=1S/C26H24N4O2/c1-30(16-25(31)29-22-12-6-8-17-7-2-3-9-19(17)22)24-15-21(26(32)27-18-13-14-18)20-10-4-5-11-23(20)28-24/h2-12,15,18H,13-14,16H2,1H3,(H,27,32)(H,29,31). The molecule has 0 saturated heterocycles. The van der Waals surface area contributed by atoms with E-state index in [0.717, 1.165) is 40.2 Å². The molecule has 0 unspecified atom stereocenters. The zero-order chi connectivity index (χ0) is 22.1. The molecule has 1 aromatic heterocycles. The van der Waals surface area contributed by atoms with Crippen molar-refractivity contribution < 1.29 is 9.59 Å². The van der Waals surface area contributed by atoms with Gasteiger partial charge in [-0.05, 0) is 36.4 Å². The molecule has 32 heavy (non-hydrogen) atoms. The summed E-state index contributed by atoms with van der Waals surface area (Å²) in [5.41, 5.74) is 2.09. The van der Waals surface area contributed by atoms with Crippen LogP contribution in [-0.2, 0) is 4.79 Å². The molecular formula is C26H24N4O2. The number of likely N-dealkylation sites (N-methyl/N-ethyl adjacent to an activating group) is 1. The van der Waals surface area contributed by atoms with Crippen LogP contribution < -0.4 is 15.5 Å². The van der Waals surface area contributed by atoms with Crippen molar-refractivity contribution in [1.29, 1.82) is 0 Å². The Labute approximate surface area is 186 Å². The number of hydrogen-bond acceptors (Lipinski definition) is 4. The molecule has 1 aliphatic rings. The Morgan fingerprint density at radius 3 is 2.50 bits per heavy atom. The smallest absolute Gasteiger partial charge is 0.252 e. The number of anilines is 2. The number of amides is 2. The Morgan fingerprint density at radius 1 is 0.969 bits per heavy atom. The van der Waals surface area contributed by atoms with Crippen molar-refractivity contribution in [3.8, 4) is 0 Å². The number of aromatic nitrogens is 1. The maximum absolute atomic E-state index is 12.8. The van der Waals surface area contributed by atoms with Gasteiger partial charge in [-0.15, -0.1) is 0 Å². The van der Waals surface area contributed by atoms with Crippen molar-refractivity contribution in [2.24, 2.45) is 0 Å². The first-order valence-corrected chi connectivity index (χ1v) is 10.8. The van der Waals surface area contributed by atoms with Crippen LogP contribution in [0.4, 0.5) is 11.5 Å². The summed E-state index contributed by atoms with van der Waals surface area (Å²) in [5.74, 6) is 0.335. The van der Waals surface area contributed by atoms with Crippen LogP contribution in [0.15, 0.2) is 72.8 Å². The van der Waals surface area contributed by atoms with Gasteiger partial charge in [0.2, 0.25) is 5.91 Å². The lowest BCUT2D eigenvalue weighted by atomic mass is 10.1. The Morgan fingerprint density at radius 2 is 1.69 bits per heavy atom. The van der Waals surface area contributed by atoms with E-state index in [0.29, 0.717) is 11.4 Å². The number of pyridine rings is 1. The number of para-hydroxylation sites is 1. The predicted octanol–water partition coefficient (Wildman–Crippen LogP) is 4.36. The van der Waals surface area contributed by atoms with Gasteiger partial charge in [-0.3, -0.25) is 9.59 Å². The first kappa shape index (κ1) is 20.0. The molecule has 6 nitrogen and oxygen atoms in total. The summed E-state index contributed by atoms with van der Waals surface area (Å²) >= 11 is 0. The molecule has 160 valence electrons. The van der Waals surface area contributed by atoms with Crippen molar-refractivity contribution in [3.05, 3.63) is 78.4 Å². The van der Waals surface area contributed by atoms with Gasteiger partial charge in [0, 0.05) is 29.5 Å². The second-order valence-corrected chi connectivity index (χ2v) is 8.22. The minimum atomic E-state index is -0.150. The fraction of sp³-hybridized carbons (Fsp3) is 0.192. The lowest BCUT2D eigenvalue weighted by molar-refractivity contribution is -0.114. The second-order valence-electron chi connectivity index (χ2n) is 8.22. The SMILES string of the molecule is CN(CC(=O)Nc1cccc2ccccc12)c1cc(C(=O)NC2CC2)c2ccccc2n1. The Bertz CT molecular complexity index is 1320. The lowest BCUT2D eigenvalue weighted by Gasteiger charge is -2.20. The van der Waals surface area contributed by atoms with E-state index < -0.39 is 0 Å². The van der Waals surface area contributed by atoms with E-state index >= 15 is 0 Å². The van der Waals surface area contributed by atoms with Gasteiger partial charge in [-0.2, -0.15) is 0 Å². The summed E-state index contributed by atoms with van der Waals surface area (Å²) in [6, 6.07) is 23.4. The van der Waals surface area contributed by atoms with Crippen LogP contribution >= 0.6 is 0 Å². The van der Waals surface area contributed by atoms with Gasteiger partial charge in [0.15, 0.2) is 0 Å². The Hall–Kier alpha value is -3.93. The molecule has 1 aliphatic carbocycles. The highest BCUT2D eigenvalue weighted by Crippen LogP contribution is 2.26. The minimum absolute atomic E-state index is 0.0963. The number of fused-ring (bicyclic) bond motifs is 2. The molecule has 1 saturated carbocycles. The molecule has 0 bridgehead atoms. The number of benzene rings is 3. The van der Waals surface area contributed by atoms with E-state index in [1.54, 1.807) is 11.0 Å². The van der Waals surface area contributed by atoms with E-state index in [-0.39, 0.29) is 24.4 Å². The molecule has 6 heteroatoms. The number of carbonyl (C=O) groups is 2. The molecule has 4 aromatic rings. The zero-order valence-electron chi connectivity index (χ0n) is 17.8. The van der Waals surface area contributed by atoms with Crippen LogP contribution in [0.5, 0.6) is 0 Å². The average molecular weight is 425 g/mol. The largest absolute Gasteiger partial charge is 0.350 e. The molecule has 1 heterocycles. The highest BCUT2D eigenvalue weighted by molar-refractivity contribution is 6.07. The summed E-state index contributed by atoms with van der Waals surface area (Å²) in [6.45, 7) is 0.109. The monoisotopic (exact) mass is 424 g/mol. The molecule has 5 rings (SSSR count). The van der Waals surface area contributed by atoms with E-state index in [9.17, 15) is 9.59 Å². The van der Waals surface area contributed by atoms with Gasteiger partial charge in [0.05, 0.1) is 17.6 Å². The van der Waals surface area contributed by atoms with Crippen molar-refractivity contribution in [2.75, 3.05) is 23.8 Å². The zero-order valence-corrected chi connectivity index (χ0v) is 17.8. The first-order chi connectivity index (χ1) is 15.6. The van der Waals surface area contributed by atoms with Crippen molar-refractivity contribution >= 4 is 45.0 Å². The Kier molecular flexibility index (Phi) is 5.19. The number of hydrogen-bond donors (Lipinski definition) is 2. The quantitative estimate of drug-likeness (QED) is 0.482. The van der Waals surface area contributed by atoms with E-state index in [1.807, 2.05) is 73.8 Å². The molecule has 2 N–H and O–H groups in total. The van der Waals surface area contributed by atoms with Crippen LogP contribution in [0.2, 0.25) is 0 Å². The Balaban J connectivity index is 1.38. The molecule has 0 spiro atoms. The predicted molar refractivity (Wildman–Crippen MR) is 128 cm³/mol. The fourth-order valence-corrected chi connectivity index (χ4v) is 3.86. The molecule has 3 aromatic carbocycles. The number of nitrogens with zero attached hydrogens (tertiary/aromatic N) is 2. The van der Waals surface area contributed by atoms with Crippen molar-refractivity contribution in [2.45, 2.75) is 18.9 Å². The van der Waals surface area contributed by atoms with E-state index in [2.05, 4.69) is 15.6 Å². The molecule has 0 aliphatic heterocycles. The van der Waals surface area contributed by atoms with Crippen LogP contribution in [0.1, 0.15) is 23.2 Å². The summed E-state index contributed by atoms with van der Waals surface area (Å²) in [5, 5.41) is 8.93. The molecule has 1 fully saturated rings. The van der Waals surface area contributed by atoms with Crippen molar-refractivity contribution in [3.63, 3.8) is 0 Å². The highest BCUT2D eigenvalue weighted by Gasteiger charge is 2.25. The maximum Gasteiger partial charge on any atom is 0.252 e. The van der Waals surface area contributed by atoms with Crippen LogP contribution in [0, 0.1) is 0 Å². The third kappa shape index (κ3) is 4.12. The van der Waals surface area contributed by atoms with Crippen LogP contribution in [0.3, 0.4) is 0 Å².